The fourth-order valence-electron chi connectivity index (χ4n) is 1.56. The van der Waals surface area contributed by atoms with Gasteiger partial charge in [-0.1, -0.05) is 11.6 Å². The van der Waals surface area contributed by atoms with Gasteiger partial charge in [-0.25, -0.2) is 4.79 Å². The number of carbonyl (C=O) groups is 2. The van der Waals surface area contributed by atoms with Crippen molar-refractivity contribution in [3.63, 3.8) is 0 Å². The fraction of sp³-hybridized carbons (Fsp3) is 0.467. The highest BCUT2D eigenvalue weighted by atomic mass is 127. The van der Waals surface area contributed by atoms with Crippen LogP contribution in [0.5, 0.6) is 0 Å². The number of carbonyl (C=O) groups excluding carboxylic acids is 2. The van der Waals surface area contributed by atoms with Crippen molar-refractivity contribution < 1.29 is 14.3 Å². The molecule has 0 aliphatic rings. The number of rotatable bonds is 5. The molecule has 0 atom stereocenters. The van der Waals surface area contributed by atoms with Gasteiger partial charge in [0, 0.05) is 21.7 Å². The van der Waals surface area contributed by atoms with Crippen molar-refractivity contribution in [2.45, 2.75) is 32.8 Å². The zero-order valence-electron chi connectivity index (χ0n) is 12.8. The molecule has 0 aromatic heterocycles. The van der Waals surface area contributed by atoms with Crippen LogP contribution in [0.4, 0.5) is 4.79 Å². The third-order valence-electron chi connectivity index (χ3n) is 2.48. The molecule has 0 bridgehead atoms. The number of benzene rings is 1. The van der Waals surface area contributed by atoms with Gasteiger partial charge in [0.25, 0.3) is 5.91 Å². The van der Waals surface area contributed by atoms with Crippen LogP contribution in [0, 0.1) is 3.57 Å². The molecule has 0 fully saturated rings. The summed E-state index contributed by atoms with van der Waals surface area (Å²) in [6.07, 6.45) is 0.167. The number of hydrogen-bond acceptors (Lipinski definition) is 3. The average molecular weight is 439 g/mol. The summed E-state index contributed by atoms with van der Waals surface area (Å²) in [5, 5.41) is 6.04. The SMILES string of the molecule is CC(C)(C)OC(=O)NCCCNC(=O)c1ccc(Cl)cc1I. The molecule has 0 aliphatic heterocycles. The maximum Gasteiger partial charge on any atom is 0.407 e. The molecule has 2 N–H and O–H groups in total. The molecule has 0 unspecified atom stereocenters. The van der Waals surface area contributed by atoms with Gasteiger partial charge in [-0.15, -0.1) is 0 Å². The number of ether oxygens (including phenoxy) is 1. The van der Waals surface area contributed by atoms with Crippen molar-refractivity contribution >= 4 is 46.2 Å². The van der Waals surface area contributed by atoms with Crippen LogP contribution in [0.3, 0.4) is 0 Å². The highest BCUT2D eigenvalue weighted by molar-refractivity contribution is 14.1. The molecular formula is C15H20ClIN2O3. The molecule has 0 heterocycles. The predicted octanol–water partition coefficient (Wildman–Crippen LogP) is 3.59. The maximum absolute atomic E-state index is 12.0. The van der Waals surface area contributed by atoms with Crippen molar-refractivity contribution in [1.29, 1.82) is 0 Å². The quantitative estimate of drug-likeness (QED) is 0.545. The normalized spacial score (nSPS) is 11.0. The Morgan fingerprint density at radius 2 is 1.86 bits per heavy atom. The highest BCUT2D eigenvalue weighted by Crippen LogP contribution is 2.17. The Bertz CT molecular complexity index is 544. The van der Waals surface area contributed by atoms with Crippen LogP contribution in [0.25, 0.3) is 0 Å². The summed E-state index contributed by atoms with van der Waals surface area (Å²) < 4.78 is 5.91. The van der Waals surface area contributed by atoms with Gasteiger partial charge in [-0.3, -0.25) is 4.79 Å². The van der Waals surface area contributed by atoms with Crippen LogP contribution in [-0.2, 0) is 4.74 Å². The van der Waals surface area contributed by atoms with Gasteiger partial charge in [-0.05, 0) is 68.0 Å². The number of alkyl carbamates (subject to hydrolysis) is 1. The summed E-state index contributed by atoms with van der Waals surface area (Å²) in [6, 6.07) is 5.11. The average Bonchev–Trinajstić information content (AvgIpc) is 2.35. The highest BCUT2D eigenvalue weighted by Gasteiger charge is 2.15. The Balaban J connectivity index is 2.27. The van der Waals surface area contributed by atoms with Crippen molar-refractivity contribution in [2.75, 3.05) is 13.1 Å². The van der Waals surface area contributed by atoms with Crippen LogP contribution < -0.4 is 10.6 Å². The van der Waals surface area contributed by atoms with E-state index in [9.17, 15) is 9.59 Å². The molecule has 0 saturated carbocycles. The Morgan fingerprint density at radius 3 is 2.45 bits per heavy atom. The van der Waals surface area contributed by atoms with Crippen molar-refractivity contribution in [2.24, 2.45) is 0 Å². The second-order valence-corrected chi connectivity index (χ2v) is 7.26. The van der Waals surface area contributed by atoms with Crippen LogP contribution >= 0.6 is 34.2 Å². The molecule has 22 heavy (non-hydrogen) atoms. The number of halogens is 2. The van der Waals surface area contributed by atoms with Gasteiger partial charge in [0.1, 0.15) is 5.60 Å². The van der Waals surface area contributed by atoms with Crippen molar-refractivity contribution in [1.82, 2.24) is 10.6 Å². The lowest BCUT2D eigenvalue weighted by molar-refractivity contribution is 0.0527. The summed E-state index contributed by atoms with van der Waals surface area (Å²) in [7, 11) is 0. The van der Waals surface area contributed by atoms with E-state index >= 15 is 0 Å². The van der Waals surface area contributed by atoms with Crippen LogP contribution in [-0.4, -0.2) is 30.7 Å². The standard InChI is InChI=1S/C15H20ClIN2O3/c1-15(2,3)22-14(21)19-8-4-7-18-13(20)11-6-5-10(16)9-12(11)17/h5-6,9H,4,7-8H2,1-3H3,(H,18,20)(H,19,21). The molecular weight excluding hydrogens is 419 g/mol. The minimum absolute atomic E-state index is 0.154. The van der Waals surface area contributed by atoms with Gasteiger partial charge in [0.2, 0.25) is 0 Å². The molecule has 1 aromatic rings. The first-order chi connectivity index (χ1) is 10.2. The molecule has 0 aliphatic carbocycles. The molecule has 5 nitrogen and oxygen atoms in total. The summed E-state index contributed by atoms with van der Waals surface area (Å²) in [4.78, 5) is 23.4. The molecule has 7 heteroatoms. The van der Waals surface area contributed by atoms with E-state index in [4.69, 9.17) is 16.3 Å². The van der Waals surface area contributed by atoms with Gasteiger partial charge in [-0.2, -0.15) is 0 Å². The summed E-state index contributed by atoms with van der Waals surface area (Å²) >= 11 is 7.93. The van der Waals surface area contributed by atoms with Gasteiger partial charge >= 0.3 is 6.09 Å². The first-order valence-corrected chi connectivity index (χ1v) is 8.35. The van der Waals surface area contributed by atoms with Crippen LogP contribution in [0.2, 0.25) is 5.02 Å². The minimum Gasteiger partial charge on any atom is -0.444 e. The van der Waals surface area contributed by atoms with E-state index in [1.807, 2.05) is 0 Å². The zero-order chi connectivity index (χ0) is 16.8. The smallest absolute Gasteiger partial charge is 0.407 e. The van der Waals surface area contributed by atoms with E-state index in [-0.39, 0.29) is 5.91 Å². The Hall–Kier alpha value is -1.02. The number of amides is 2. The third kappa shape index (κ3) is 7.31. The molecule has 1 rings (SSSR count). The molecule has 1 aromatic carbocycles. The maximum atomic E-state index is 12.0. The van der Waals surface area contributed by atoms with Gasteiger partial charge in [0.15, 0.2) is 0 Å². The van der Waals surface area contributed by atoms with E-state index < -0.39 is 11.7 Å². The molecule has 2 amide bonds. The lowest BCUT2D eigenvalue weighted by Gasteiger charge is -2.19. The molecule has 122 valence electrons. The zero-order valence-corrected chi connectivity index (χ0v) is 15.7. The lowest BCUT2D eigenvalue weighted by Crippen LogP contribution is -2.34. The lowest BCUT2D eigenvalue weighted by atomic mass is 10.2. The topological polar surface area (TPSA) is 67.4 Å². The predicted molar refractivity (Wildman–Crippen MR) is 95.4 cm³/mol. The van der Waals surface area contributed by atoms with Gasteiger partial charge < -0.3 is 15.4 Å². The Kier molecular flexibility index (Phi) is 7.41. The fourth-order valence-corrected chi connectivity index (χ4v) is 2.68. The number of nitrogens with one attached hydrogen (secondary N) is 2. The third-order valence-corrected chi connectivity index (χ3v) is 3.61. The Morgan fingerprint density at radius 1 is 1.23 bits per heavy atom. The largest absolute Gasteiger partial charge is 0.444 e. The van der Waals surface area contributed by atoms with E-state index in [1.54, 1.807) is 39.0 Å². The van der Waals surface area contributed by atoms with Crippen LogP contribution in [0.1, 0.15) is 37.6 Å². The van der Waals surface area contributed by atoms with Gasteiger partial charge in [0.05, 0.1) is 5.56 Å². The van der Waals surface area contributed by atoms with E-state index in [1.165, 1.54) is 0 Å². The summed E-state index contributed by atoms with van der Waals surface area (Å²) in [5.41, 5.74) is 0.0777. The van der Waals surface area contributed by atoms with Crippen molar-refractivity contribution in [3.05, 3.63) is 32.4 Å². The summed E-state index contributed by atoms with van der Waals surface area (Å²) in [5.74, 6) is -0.154. The molecule has 0 saturated heterocycles. The second kappa shape index (κ2) is 8.57. The van der Waals surface area contributed by atoms with Crippen LogP contribution in [0.15, 0.2) is 18.2 Å². The van der Waals surface area contributed by atoms with E-state index in [0.29, 0.717) is 30.1 Å². The Labute approximate surface area is 149 Å². The summed E-state index contributed by atoms with van der Waals surface area (Å²) in [6.45, 7) is 6.32. The van der Waals surface area contributed by atoms with E-state index in [2.05, 4.69) is 33.2 Å². The second-order valence-electron chi connectivity index (χ2n) is 5.66. The molecule has 0 radical (unpaired) electrons. The van der Waals surface area contributed by atoms with E-state index in [0.717, 1.165) is 3.57 Å². The first-order valence-electron chi connectivity index (χ1n) is 6.89. The minimum atomic E-state index is -0.510. The molecule has 0 spiro atoms. The number of hydrogen-bond donors (Lipinski definition) is 2. The monoisotopic (exact) mass is 438 g/mol. The van der Waals surface area contributed by atoms with Crippen molar-refractivity contribution in [3.8, 4) is 0 Å². The first kappa shape index (κ1) is 19.0.